The summed E-state index contributed by atoms with van der Waals surface area (Å²) in [7, 11) is 1.78. The van der Waals surface area contributed by atoms with Gasteiger partial charge < -0.3 is 14.7 Å². The van der Waals surface area contributed by atoms with Crippen LogP contribution in [0.25, 0.3) is 0 Å². The first-order chi connectivity index (χ1) is 5.36. The van der Waals surface area contributed by atoms with Gasteiger partial charge in [-0.25, -0.2) is 11.8 Å². The second-order valence-electron chi connectivity index (χ2n) is 1.91. The summed E-state index contributed by atoms with van der Waals surface area (Å²) in [5.74, 6) is 0. The Balaban J connectivity index is 0.00000121. The maximum atomic E-state index is 11.5. The van der Waals surface area contributed by atoms with Gasteiger partial charge in [0.05, 0.1) is 0 Å². The molecule has 0 bridgehead atoms. The molecule has 0 unspecified atom stereocenters. The number of benzene rings is 1. The fraction of sp³-hybridized carbons (Fsp3) is 0.125. The molecule has 0 aliphatic rings. The van der Waals surface area contributed by atoms with E-state index < -0.39 is 0 Å². The molecule has 0 fully saturated rings. The van der Waals surface area contributed by atoms with Crippen LogP contribution in [0.2, 0.25) is 0 Å². The van der Waals surface area contributed by atoms with E-state index in [1.54, 1.807) is 19.2 Å². The molecule has 1 radical (unpaired) electrons. The number of hydrogen-bond donors (Lipinski definition) is 1. The number of hydrogen-bond acceptors (Lipinski definition) is 2. The molecule has 0 saturated heterocycles. The zero-order valence-electron chi connectivity index (χ0n) is 6.63. The Kier molecular flexibility index (Phi) is 6.12. The molecule has 0 amide bonds. The van der Waals surface area contributed by atoms with Crippen LogP contribution < -0.4 is 5.32 Å². The predicted octanol–water partition coefficient (Wildman–Crippen LogP) is 2.03. The van der Waals surface area contributed by atoms with E-state index in [2.05, 4.69) is 16.4 Å². The van der Waals surface area contributed by atoms with Crippen molar-refractivity contribution in [2.24, 2.45) is 4.99 Å². The maximum absolute atomic E-state index is 11.5. The van der Waals surface area contributed by atoms with Crippen molar-refractivity contribution in [3.8, 4) is 0 Å². The maximum Gasteiger partial charge on any atom is 0.0189 e. The molecule has 1 aromatic carbocycles. The van der Waals surface area contributed by atoms with Gasteiger partial charge >= 0.3 is 0 Å². The molecule has 2 nitrogen and oxygen atoms in total. The average molecular weight is 239 g/mol. The zero-order chi connectivity index (χ0) is 8.10. The molecule has 0 aliphatic carbocycles. The van der Waals surface area contributed by atoms with E-state index >= 15 is 0 Å². The van der Waals surface area contributed by atoms with Gasteiger partial charge in [0.15, 0.2) is 0 Å². The van der Waals surface area contributed by atoms with Crippen LogP contribution in [-0.4, -0.2) is 13.5 Å². The average Bonchev–Trinajstić information content (AvgIpc) is 2.06. The Labute approximate surface area is 96.2 Å². The summed E-state index contributed by atoms with van der Waals surface area (Å²) < 4.78 is 11.5. The van der Waals surface area contributed by atoms with Gasteiger partial charge in [0.1, 0.15) is 0 Å². The molecule has 0 saturated carbocycles. The fourth-order valence-electron chi connectivity index (χ4n) is 0.719. The van der Waals surface area contributed by atoms with Gasteiger partial charge in [-0.3, -0.25) is 6.07 Å². The van der Waals surface area contributed by atoms with Crippen molar-refractivity contribution in [3.05, 3.63) is 24.3 Å². The molecule has 0 aromatic heterocycles. The van der Waals surface area contributed by atoms with Crippen LogP contribution in [0, 0.1) is 6.07 Å². The summed E-state index contributed by atoms with van der Waals surface area (Å²) in [5, 5.41) is 2.90. The van der Waals surface area contributed by atoms with Crippen molar-refractivity contribution in [2.45, 2.75) is 0 Å². The van der Waals surface area contributed by atoms with Crippen LogP contribution in [0.3, 0.4) is 0 Å². The number of halogens is 1. The van der Waals surface area contributed by atoms with Gasteiger partial charge in [0.25, 0.3) is 0 Å². The minimum atomic E-state index is 0. The van der Waals surface area contributed by atoms with Gasteiger partial charge in [-0.1, -0.05) is 5.69 Å². The molecule has 0 atom stereocenters. The molecule has 12 heavy (non-hydrogen) atoms. The first kappa shape index (κ1) is 11.7. The number of rotatable bonds is 2. The van der Waals surface area contributed by atoms with Crippen molar-refractivity contribution in [1.29, 1.82) is 0 Å². The number of nitrogens with one attached hydrogen (secondary N) is 1. The fourth-order valence-corrected chi connectivity index (χ4v) is 0.719. The third-order valence-corrected chi connectivity index (χ3v) is 1.24. The second kappa shape index (κ2) is 6.26. The van der Waals surface area contributed by atoms with Crippen LogP contribution in [0.15, 0.2) is 23.2 Å². The Morgan fingerprint density at radius 3 is 3.00 bits per heavy atom. The minimum absolute atomic E-state index is 0. The van der Waals surface area contributed by atoms with E-state index in [1.807, 2.05) is 6.07 Å². The van der Waals surface area contributed by atoms with Crippen LogP contribution >= 0.6 is 0 Å². The van der Waals surface area contributed by atoms with Crippen molar-refractivity contribution < 1.29 is 37.1 Å². The first-order valence-electron chi connectivity index (χ1n) is 3.12. The largest absolute Gasteiger partial charge is 0.449 e. The van der Waals surface area contributed by atoms with Gasteiger partial charge in [-0.2, -0.15) is 12.1 Å². The molecular formula is C8H7FN2Y-2. The number of aliphatic imine (C=N–C) groups is 1. The van der Waals surface area contributed by atoms with Gasteiger partial charge in [0.2, 0.25) is 0 Å². The molecule has 0 aliphatic heterocycles. The van der Waals surface area contributed by atoms with E-state index in [4.69, 9.17) is 0 Å². The standard InChI is InChI=1S/C8H7FN2.Y/c1-10-7-3-2-4-8(5-7)11-6-9;/h2-3,5,10H,1H3;/q-2;. The third kappa shape index (κ3) is 3.41. The van der Waals surface area contributed by atoms with Gasteiger partial charge in [0, 0.05) is 46.2 Å². The molecule has 4 heteroatoms. The Morgan fingerprint density at radius 2 is 2.42 bits per heavy atom. The minimum Gasteiger partial charge on any atom is -0.449 e. The smallest absolute Gasteiger partial charge is 0.0189 e. The number of anilines is 1. The SMILES string of the molecule is CNc1cc[c-]c(N=[C-]F)c1.[Y]. The molecule has 0 heterocycles. The molecule has 0 spiro atoms. The van der Waals surface area contributed by atoms with E-state index in [0.717, 1.165) is 5.69 Å². The van der Waals surface area contributed by atoms with Crippen LogP contribution in [0.1, 0.15) is 0 Å². The number of nitrogens with zero attached hydrogens (tertiary/aromatic N) is 1. The topological polar surface area (TPSA) is 24.4 Å². The van der Waals surface area contributed by atoms with Crippen molar-refractivity contribution >= 4 is 17.8 Å². The zero-order valence-corrected chi connectivity index (χ0v) is 9.47. The van der Waals surface area contributed by atoms with Crippen LogP contribution in [-0.2, 0) is 32.7 Å². The Hall–Kier alpha value is -0.276. The summed E-state index contributed by atoms with van der Waals surface area (Å²) in [6, 6.07) is 7.89. The Bertz CT molecular complexity index is 263. The molecule has 1 N–H and O–H groups in total. The molecule has 1 aromatic rings. The quantitative estimate of drug-likeness (QED) is 0.619. The van der Waals surface area contributed by atoms with Gasteiger partial charge in [-0.15, -0.1) is 0 Å². The summed E-state index contributed by atoms with van der Waals surface area (Å²) in [6.07, 6.45) is 0. The van der Waals surface area contributed by atoms with Crippen LogP contribution in [0.4, 0.5) is 15.8 Å². The van der Waals surface area contributed by atoms with Gasteiger partial charge in [-0.05, 0) is 0 Å². The molecule has 1 rings (SSSR count). The normalized spacial score (nSPS) is 9.50. The van der Waals surface area contributed by atoms with Crippen molar-refractivity contribution in [2.75, 3.05) is 12.4 Å². The molecular weight excluding hydrogens is 232 g/mol. The van der Waals surface area contributed by atoms with Crippen molar-refractivity contribution in [3.63, 3.8) is 0 Å². The third-order valence-electron chi connectivity index (χ3n) is 1.24. The van der Waals surface area contributed by atoms with E-state index in [-0.39, 0.29) is 32.7 Å². The summed E-state index contributed by atoms with van der Waals surface area (Å²) in [6.45, 7) is 1.20. The van der Waals surface area contributed by atoms with E-state index in [1.165, 1.54) is 6.47 Å². The first-order valence-corrected chi connectivity index (χ1v) is 3.12. The van der Waals surface area contributed by atoms with Crippen LogP contribution in [0.5, 0.6) is 0 Å². The molecule has 61 valence electrons. The summed E-state index contributed by atoms with van der Waals surface area (Å²) in [4.78, 5) is 3.30. The van der Waals surface area contributed by atoms with E-state index in [9.17, 15) is 4.39 Å². The predicted molar refractivity (Wildman–Crippen MR) is 43.0 cm³/mol. The monoisotopic (exact) mass is 239 g/mol. The van der Waals surface area contributed by atoms with Crippen molar-refractivity contribution in [1.82, 2.24) is 0 Å². The van der Waals surface area contributed by atoms with E-state index in [0.29, 0.717) is 5.69 Å². The Morgan fingerprint density at radius 1 is 1.67 bits per heavy atom. The summed E-state index contributed by atoms with van der Waals surface area (Å²) in [5.41, 5.74) is 1.30. The second-order valence-corrected chi connectivity index (χ2v) is 1.91. The summed E-state index contributed by atoms with van der Waals surface area (Å²) >= 11 is 0.